The van der Waals surface area contributed by atoms with Gasteiger partial charge in [0.05, 0.1) is 0 Å². The minimum atomic E-state index is -0.383. The van der Waals surface area contributed by atoms with Crippen molar-refractivity contribution in [3.8, 4) is 0 Å². The monoisotopic (exact) mass is 257 g/mol. The Labute approximate surface area is 105 Å². The third kappa shape index (κ3) is 2.99. The number of hydrogen-bond acceptors (Lipinski definition) is 2. The van der Waals surface area contributed by atoms with E-state index in [4.69, 9.17) is 0 Å². The first-order valence-corrected chi connectivity index (χ1v) is 7.07. The minimum Gasteiger partial charge on any atom is -0.311 e. The van der Waals surface area contributed by atoms with Gasteiger partial charge in [0.1, 0.15) is 11.6 Å². The lowest BCUT2D eigenvalue weighted by atomic mass is 9.84. The van der Waals surface area contributed by atoms with Gasteiger partial charge in [-0.1, -0.05) is 6.42 Å². The van der Waals surface area contributed by atoms with Crippen LogP contribution in [0.2, 0.25) is 0 Å². The molecule has 2 rings (SSSR count). The molecule has 1 aromatic carbocycles. The summed E-state index contributed by atoms with van der Waals surface area (Å²) in [7, 11) is 0. The van der Waals surface area contributed by atoms with Crippen LogP contribution in [0.5, 0.6) is 0 Å². The van der Waals surface area contributed by atoms with E-state index in [-0.39, 0.29) is 11.6 Å². The van der Waals surface area contributed by atoms with Crippen LogP contribution in [0.25, 0.3) is 0 Å². The van der Waals surface area contributed by atoms with Crippen LogP contribution in [0.1, 0.15) is 24.8 Å². The van der Waals surface area contributed by atoms with E-state index in [0.717, 1.165) is 12.6 Å². The fourth-order valence-corrected chi connectivity index (χ4v) is 3.07. The number of thioether (sulfide) groups is 1. The van der Waals surface area contributed by atoms with E-state index in [1.54, 1.807) is 0 Å². The van der Waals surface area contributed by atoms with E-state index in [2.05, 4.69) is 11.6 Å². The summed E-state index contributed by atoms with van der Waals surface area (Å²) < 4.78 is 26.6. The summed E-state index contributed by atoms with van der Waals surface area (Å²) in [5, 5.41) is 3.24. The third-order valence-corrected chi connectivity index (χ3v) is 4.89. The Morgan fingerprint density at radius 2 is 2.12 bits per heavy atom. The highest BCUT2D eigenvalue weighted by Crippen LogP contribution is 2.42. The summed E-state index contributed by atoms with van der Waals surface area (Å²) in [5.74, 6) is -0.725. The van der Waals surface area contributed by atoms with Crippen LogP contribution in [-0.4, -0.2) is 17.5 Å². The van der Waals surface area contributed by atoms with E-state index in [1.807, 2.05) is 11.8 Å². The van der Waals surface area contributed by atoms with Gasteiger partial charge in [-0.2, -0.15) is 11.8 Å². The first-order chi connectivity index (χ1) is 8.15. The van der Waals surface area contributed by atoms with E-state index in [9.17, 15) is 8.78 Å². The number of benzene rings is 1. The zero-order chi connectivity index (χ0) is 12.3. The van der Waals surface area contributed by atoms with Gasteiger partial charge in [0.15, 0.2) is 0 Å². The van der Waals surface area contributed by atoms with Crippen molar-refractivity contribution in [2.24, 2.45) is 0 Å². The number of rotatable bonds is 5. The van der Waals surface area contributed by atoms with Crippen molar-refractivity contribution >= 4 is 11.8 Å². The lowest BCUT2D eigenvalue weighted by Crippen LogP contribution is -2.43. The van der Waals surface area contributed by atoms with Crippen LogP contribution >= 0.6 is 11.8 Å². The molecule has 4 heteroatoms. The molecule has 1 saturated carbocycles. The van der Waals surface area contributed by atoms with Crippen molar-refractivity contribution < 1.29 is 8.78 Å². The summed E-state index contributed by atoms with van der Waals surface area (Å²) >= 11 is 1.87. The van der Waals surface area contributed by atoms with E-state index >= 15 is 0 Å². The predicted molar refractivity (Wildman–Crippen MR) is 68.2 cm³/mol. The summed E-state index contributed by atoms with van der Waals surface area (Å²) in [4.78, 5) is 0. The van der Waals surface area contributed by atoms with E-state index < -0.39 is 0 Å². The quantitative estimate of drug-likeness (QED) is 0.868. The molecule has 1 nitrogen and oxygen atoms in total. The van der Waals surface area contributed by atoms with E-state index in [1.165, 1.54) is 31.4 Å². The molecule has 0 bridgehead atoms. The molecule has 0 aliphatic heterocycles. The van der Waals surface area contributed by atoms with Crippen molar-refractivity contribution in [1.82, 2.24) is 5.32 Å². The van der Waals surface area contributed by atoms with Crippen LogP contribution in [0, 0.1) is 11.6 Å². The Bertz CT molecular complexity index is 385. The Hall–Kier alpha value is -0.610. The zero-order valence-electron chi connectivity index (χ0n) is 9.93. The molecule has 0 aromatic heterocycles. The molecule has 1 fully saturated rings. The summed E-state index contributed by atoms with van der Waals surface area (Å²) in [6, 6.07) is 3.59. The van der Waals surface area contributed by atoms with Gasteiger partial charge in [-0.3, -0.25) is 0 Å². The molecule has 1 aromatic rings. The molecule has 0 amide bonds. The van der Waals surface area contributed by atoms with Crippen molar-refractivity contribution in [3.63, 3.8) is 0 Å². The molecule has 0 saturated heterocycles. The fourth-order valence-electron chi connectivity index (χ4n) is 2.13. The van der Waals surface area contributed by atoms with Crippen LogP contribution in [-0.2, 0) is 6.54 Å². The molecule has 17 heavy (non-hydrogen) atoms. The number of halogens is 2. The summed E-state index contributed by atoms with van der Waals surface area (Å²) in [5.41, 5.74) is 0.403. The largest absolute Gasteiger partial charge is 0.311 e. The first kappa shape index (κ1) is 12.8. The molecule has 1 N–H and O–H groups in total. The molecule has 1 aliphatic carbocycles. The Balaban J connectivity index is 1.87. The molecule has 94 valence electrons. The highest BCUT2D eigenvalue weighted by atomic mass is 32.2. The second-order valence-corrected chi connectivity index (χ2v) is 5.85. The molecule has 0 heterocycles. The molecular weight excluding hydrogens is 240 g/mol. The molecule has 0 atom stereocenters. The standard InChI is InChI=1S/C13H17F2NS/c1-17-13(5-2-6-13)9-16-8-10-7-11(14)3-4-12(10)15/h3-4,7,16H,2,5-6,8-9H2,1H3. The molecular formula is C13H17F2NS. The van der Waals surface area contributed by atoms with Crippen LogP contribution in [0.3, 0.4) is 0 Å². The number of nitrogens with one attached hydrogen (secondary N) is 1. The maximum atomic E-state index is 13.4. The zero-order valence-corrected chi connectivity index (χ0v) is 10.7. The summed E-state index contributed by atoms with van der Waals surface area (Å²) in [6.07, 6.45) is 5.82. The minimum absolute atomic E-state index is 0.323. The molecule has 0 radical (unpaired) electrons. The van der Waals surface area contributed by atoms with Crippen LogP contribution in [0.4, 0.5) is 8.78 Å². The lowest BCUT2D eigenvalue weighted by molar-refractivity contribution is 0.344. The molecule has 1 aliphatic rings. The van der Waals surface area contributed by atoms with Gasteiger partial charge in [-0.05, 0) is 37.3 Å². The smallest absolute Gasteiger partial charge is 0.127 e. The SMILES string of the molecule is CSC1(CNCc2cc(F)ccc2F)CCC1. The second-order valence-electron chi connectivity index (χ2n) is 4.58. The van der Waals surface area contributed by atoms with Gasteiger partial charge in [0, 0.05) is 23.4 Å². The highest BCUT2D eigenvalue weighted by Gasteiger charge is 2.35. The maximum Gasteiger partial charge on any atom is 0.127 e. The normalized spacial score (nSPS) is 17.8. The first-order valence-electron chi connectivity index (χ1n) is 5.85. The average molecular weight is 257 g/mol. The van der Waals surface area contributed by atoms with Crippen molar-refractivity contribution in [2.45, 2.75) is 30.6 Å². The van der Waals surface area contributed by atoms with E-state index in [0.29, 0.717) is 16.9 Å². The maximum absolute atomic E-state index is 13.4. The van der Waals surface area contributed by atoms with Crippen molar-refractivity contribution in [2.75, 3.05) is 12.8 Å². The van der Waals surface area contributed by atoms with Gasteiger partial charge in [-0.15, -0.1) is 0 Å². The van der Waals surface area contributed by atoms with Crippen molar-refractivity contribution in [1.29, 1.82) is 0 Å². The Morgan fingerprint density at radius 1 is 1.35 bits per heavy atom. The molecule has 0 unspecified atom stereocenters. The van der Waals surface area contributed by atoms with Gasteiger partial charge in [0.2, 0.25) is 0 Å². The second kappa shape index (κ2) is 5.36. The lowest BCUT2D eigenvalue weighted by Gasteiger charge is -2.40. The summed E-state index contributed by atoms with van der Waals surface area (Å²) in [6.45, 7) is 1.26. The Kier molecular flexibility index (Phi) is 4.05. The fraction of sp³-hybridized carbons (Fsp3) is 0.538. The predicted octanol–water partition coefficient (Wildman–Crippen LogP) is 3.34. The van der Waals surface area contributed by atoms with Gasteiger partial charge < -0.3 is 5.32 Å². The third-order valence-electron chi connectivity index (χ3n) is 3.47. The topological polar surface area (TPSA) is 12.0 Å². The van der Waals surface area contributed by atoms with Gasteiger partial charge in [-0.25, -0.2) is 8.78 Å². The highest BCUT2D eigenvalue weighted by molar-refractivity contribution is 8.00. The molecule has 0 spiro atoms. The average Bonchev–Trinajstić information content (AvgIpc) is 2.27. The Morgan fingerprint density at radius 3 is 2.71 bits per heavy atom. The number of hydrogen-bond donors (Lipinski definition) is 1. The van der Waals surface area contributed by atoms with Gasteiger partial charge in [0.25, 0.3) is 0 Å². The van der Waals surface area contributed by atoms with Crippen LogP contribution < -0.4 is 5.32 Å². The van der Waals surface area contributed by atoms with Crippen molar-refractivity contribution in [3.05, 3.63) is 35.4 Å². The van der Waals surface area contributed by atoms with Crippen LogP contribution in [0.15, 0.2) is 18.2 Å². The van der Waals surface area contributed by atoms with Gasteiger partial charge >= 0.3 is 0 Å².